The SMILES string of the molecule is CC(C)(C)c1ccc2c(-c3nc4ccccc4n3-c3c(-c4ccccc4)cccc3-c3ccccc3)coc2c1. The van der Waals surface area contributed by atoms with Crippen LogP contribution in [0.25, 0.3) is 61.3 Å². The number of aromatic nitrogens is 2. The molecule has 7 aromatic rings. The van der Waals surface area contributed by atoms with Gasteiger partial charge in [-0.3, -0.25) is 4.57 Å². The van der Waals surface area contributed by atoms with Crippen molar-refractivity contribution >= 4 is 22.0 Å². The smallest absolute Gasteiger partial charge is 0.149 e. The summed E-state index contributed by atoms with van der Waals surface area (Å²) < 4.78 is 8.52. The first kappa shape index (κ1) is 24.2. The molecule has 3 nitrogen and oxygen atoms in total. The van der Waals surface area contributed by atoms with Crippen LogP contribution in [-0.2, 0) is 5.41 Å². The van der Waals surface area contributed by atoms with Gasteiger partial charge in [-0.15, -0.1) is 0 Å². The first-order valence-corrected chi connectivity index (χ1v) is 13.7. The molecule has 0 aliphatic heterocycles. The molecule has 0 radical (unpaired) electrons. The van der Waals surface area contributed by atoms with Crippen molar-refractivity contribution in [3.8, 4) is 39.3 Å². The zero-order valence-electron chi connectivity index (χ0n) is 22.9. The summed E-state index contributed by atoms with van der Waals surface area (Å²) in [7, 11) is 0. The van der Waals surface area contributed by atoms with Crippen LogP contribution in [0.5, 0.6) is 0 Å². The van der Waals surface area contributed by atoms with Gasteiger partial charge in [0, 0.05) is 16.5 Å². The first-order chi connectivity index (χ1) is 19.5. The van der Waals surface area contributed by atoms with Gasteiger partial charge in [0.25, 0.3) is 0 Å². The molecular weight excluding hydrogens is 488 g/mol. The summed E-state index contributed by atoms with van der Waals surface area (Å²) in [5, 5.41) is 1.06. The minimum absolute atomic E-state index is 0.0352. The fraction of sp³-hybridized carbons (Fsp3) is 0.108. The van der Waals surface area contributed by atoms with Gasteiger partial charge in [-0.25, -0.2) is 4.98 Å². The van der Waals surface area contributed by atoms with Crippen LogP contribution in [0.1, 0.15) is 26.3 Å². The van der Waals surface area contributed by atoms with E-state index in [4.69, 9.17) is 9.40 Å². The van der Waals surface area contributed by atoms with Gasteiger partial charge in [0.05, 0.1) is 22.3 Å². The average molecular weight is 519 g/mol. The highest BCUT2D eigenvalue weighted by Crippen LogP contribution is 2.42. The second-order valence-electron chi connectivity index (χ2n) is 11.3. The monoisotopic (exact) mass is 518 g/mol. The summed E-state index contributed by atoms with van der Waals surface area (Å²) in [4.78, 5) is 5.23. The lowest BCUT2D eigenvalue weighted by Gasteiger charge is -2.20. The van der Waals surface area contributed by atoms with E-state index in [0.29, 0.717) is 0 Å². The Balaban J connectivity index is 1.58. The van der Waals surface area contributed by atoms with Crippen molar-refractivity contribution in [1.82, 2.24) is 9.55 Å². The minimum Gasteiger partial charge on any atom is -0.464 e. The molecule has 3 heteroatoms. The molecule has 194 valence electrons. The van der Waals surface area contributed by atoms with Gasteiger partial charge in [0.2, 0.25) is 0 Å². The van der Waals surface area contributed by atoms with E-state index in [2.05, 4.69) is 141 Å². The third-order valence-electron chi connectivity index (χ3n) is 7.67. The molecule has 40 heavy (non-hydrogen) atoms. The summed E-state index contributed by atoms with van der Waals surface area (Å²) >= 11 is 0. The van der Waals surface area contributed by atoms with E-state index < -0.39 is 0 Å². The number of benzene rings is 5. The second-order valence-corrected chi connectivity index (χ2v) is 11.3. The maximum absolute atomic E-state index is 6.20. The van der Waals surface area contributed by atoms with Crippen molar-refractivity contribution < 1.29 is 4.42 Å². The van der Waals surface area contributed by atoms with E-state index in [1.165, 1.54) is 5.56 Å². The van der Waals surface area contributed by atoms with Crippen LogP contribution >= 0.6 is 0 Å². The van der Waals surface area contributed by atoms with E-state index in [-0.39, 0.29) is 5.41 Å². The minimum atomic E-state index is 0.0352. The van der Waals surface area contributed by atoms with Crippen molar-refractivity contribution in [3.05, 3.63) is 133 Å². The number of para-hydroxylation sites is 3. The standard InChI is InChI=1S/C37H30N2O/c1-37(2,3)27-21-22-30-31(24-40-34(30)23-27)36-38-32-19-10-11-20-33(32)39(36)35-28(25-13-6-4-7-14-25)17-12-18-29(35)26-15-8-5-9-16-26/h4-24H,1-3H3. The molecule has 5 aromatic carbocycles. The fourth-order valence-corrected chi connectivity index (χ4v) is 5.59. The van der Waals surface area contributed by atoms with Gasteiger partial charge >= 0.3 is 0 Å². The zero-order valence-corrected chi connectivity index (χ0v) is 22.9. The third kappa shape index (κ3) is 4.02. The second kappa shape index (κ2) is 9.39. The van der Waals surface area contributed by atoms with Crippen molar-refractivity contribution in [2.24, 2.45) is 0 Å². The van der Waals surface area contributed by atoms with E-state index in [1.54, 1.807) is 0 Å². The predicted molar refractivity (Wildman–Crippen MR) is 166 cm³/mol. The molecule has 0 N–H and O–H groups in total. The summed E-state index contributed by atoms with van der Waals surface area (Å²) in [5.41, 5.74) is 10.8. The first-order valence-electron chi connectivity index (χ1n) is 13.7. The van der Waals surface area contributed by atoms with Gasteiger partial charge in [-0.2, -0.15) is 0 Å². The topological polar surface area (TPSA) is 31.0 Å². The summed E-state index contributed by atoms with van der Waals surface area (Å²) in [6.45, 7) is 6.68. The van der Waals surface area contributed by atoms with E-state index in [0.717, 1.165) is 61.3 Å². The van der Waals surface area contributed by atoms with E-state index in [1.807, 2.05) is 12.3 Å². The van der Waals surface area contributed by atoms with E-state index >= 15 is 0 Å². The van der Waals surface area contributed by atoms with Crippen LogP contribution in [0, 0.1) is 0 Å². The van der Waals surface area contributed by atoms with Crippen LogP contribution < -0.4 is 0 Å². The molecule has 0 spiro atoms. The Morgan fingerprint density at radius 1 is 0.625 bits per heavy atom. The number of fused-ring (bicyclic) bond motifs is 2. The summed E-state index contributed by atoms with van der Waals surface area (Å²) in [6.07, 6.45) is 1.86. The van der Waals surface area contributed by atoms with Gasteiger partial charge in [-0.05, 0) is 40.3 Å². The molecule has 0 atom stereocenters. The van der Waals surface area contributed by atoms with Crippen molar-refractivity contribution in [1.29, 1.82) is 0 Å². The summed E-state index contributed by atoms with van der Waals surface area (Å²) in [5.74, 6) is 0.865. The van der Waals surface area contributed by atoms with Crippen LogP contribution in [0.2, 0.25) is 0 Å². The highest BCUT2D eigenvalue weighted by molar-refractivity contribution is 5.98. The zero-order chi connectivity index (χ0) is 27.3. The van der Waals surface area contributed by atoms with Gasteiger partial charge in [0.1, 0.15) is 17.7 Å². The predicted octanol–water partition coefficient (Wildman–Crippen LogP) is 10.1. The highest BCUT2D eigenvalue weighted by Gasteiger charge is 2.24. The largest absolute Gasteiger partial charge is 0.464 e. The van der Waals surface area contributed by atoms with Crippen molar-refractivity contribution in [2.75, 3.05) is 0 Å². The third-order valence-corrected chi connectivity index (χ3v) is 7.67. The van der Waals surface area contributed by atoms with Gasteiger partial charge in [-0.1, -0.05) is 124 Å². The number of hydrogen-bond acceptors (Lipinski definition) is 2. The lowest BCUT2D eigenvalue weighted by atomic mass is 9.86. The lowest BCUT2D eigenvalue weighted by molar-refractivity contribution is 0.583. The molecule has 0 saturated carbocycles. The summed E-state index contributed by atoms with van der Waals surface area (Å²) in [6, 6.07) is 42.7. The van der Waals surface area contributed by atoms with Crippen LogP contribution in [0.15, 0.2) is 132 Å². The molecule has 2 heterocycles. The maximum atomic E-state index is 6.20. The molecule has 0 unspecified atom stereocenters. The lowest BCUT2D eigenvalue weighted by Crippen LogP contribution is -2.10. The molecule has 0 aliphatic carbocycles. The molecule has 0 aliphatic rings. The number of furan rings is 1. The highest BCUT2D eigenvalue weighted by atomic mass is 16.3. The molecule has 2 aromatic heterocycles. The molecule has 0 fully saturated rings. The van der Waals surface area contributed by atoms with Crippen molar-refractivity contribution in [2.45, 2.75) is 26.2 Å². The quantitative estimate of drug-likeness (QED) is 0.232. The molecule has 0 saturated heterocycles. The van der Waals surface area contributed by atoms with Crippen LogP contribution in [0.3, 0.4) is 0 Å². The molecule has 0 amide bonds. The molecule has 0 bridgehead atoms. The fourth-order valence-electron chi connectivity index (χ4n) is 5.59. The van der Waals surface area contributed by atoms with Crippen molar-refractivity contribution in [3.63, 3.8) is 0 Å². The molecule has 7 rings (SSSR count). The number of hydrogen-bond donors (Lipinski definition) is 0. The number of nitrogens with zero attached hydrogens (tertiary/aromatic N) is 2. The Kier molecular flexibility index (Phi) is 5.67. The average Bonchev–Trinajstić information content (AvgIpc) is 3.58. The van der Waals surface area contributed by atoms with Gasteiger partial charge in [0.15, 0.2) is 0 Å². The Labute approximate surface area is 234 Å². The Bertz CT molecular complexity index is 1910. The maximum Gasteiger partial charge on any atom is 0.149 e. The van der Waals surface area contributed by atoms with E-state index in [9.17, 15) is 0 Å². The Hall–Kier alpha value is -4.89. The molecular formula is C37H30N2O. The Morgan fingerprint density at radius 2 is 1.25 bits per heavy atom. The normalized spacial score (nSPS) is 11.9. The van der Waals surface area contributed by atoms with Crippen LogP contribution in [-0.4, -0.2) is 9.55 Å². The number of rotatable bonds is 4. The van der Waals surface area contributed by atoms with Crippen LogP contribution in [0.4, 0.5) is 0 Å². The Morgan fingerprint density at radius 3 is 1.90 bits per heavy atom. The number of imidazole rings is 1. The van der Waals surface area contributed by atoms with Gasteiger partial charge < -0.3 is 4.42 Å².